The average Bonchev–Trinajstić information content (AvgIpc) is 2.81. The third-order valence-corrected chi connectivity index (χ3v) is 3.55. The molecule has 0 radical (unpaired) electrons. The van der Waals surface area contributed by atoms with Crippen molar-refractivity contribution in [1.82, 2.24) is 9.88 Å². The van der Waals surface area contributed by atoms with Gasteiger partial charge in [0.15, 0.2) is 0 Å². The van der Waals surface area contributed by atoms with Gasteiger partial charge >= 0.3 is 0 Å². The number of aromatic nitrogens is 1. The van der Waals surface area contributed by atoms with Crippen LogP contribution in [-0.4, -0.2) is 22.9 Å². The maximum absolute atomic E-state index is 12.2. The summed E-state index contributed by atoms with van der Waals surface area (Å²) in [7, 11) is 1.87. The smallest absolute Gasteiger partial charge is 0.267 e. The van der Waals surface area contributed by atoms with E-state index in [1.165, 1.54) is 0 Å². The largest absolute Gasteiger partial charge is 0.351 e. The molecule has 5 nitrogen and oxygen atoms in total. The van der Waals surface area contributed by atoms with Gasteiger partial charge in [-0.25, -0.2) is 0 Å². The van der Waals surface area contributed by atoms with Gasteiger partial charge in [-0.15, -0.1) is 0 Å². The van der Waals surface area contributed by atoms with E-state index in [1.807, 2.05) is 42.8 Å². The lowest BCUT2D eigenvalue weighted by molar-refractivity contribution is -0.115. The summed E-state index contributed by atoms with van der Waals surface area (Å²) in [5, 5.41) is 6.70. The normalized spacial score (nSPS) is 11.0. The summed E-state index contributed by atoms with van der Waals surface area (Å²) in [6.07, 6.45) is 0.440. The van der Waals surface area contributed by atoms with Crippen LogP contribution < -0.4 is 10.6 Å². The van der Waals surface area contributed by atoms with Crippen LogP contribution in [0.3, 0.4) is 0 Å². The lowest BCUT2D eigenvalue weighted by Gasteiger charge is -2.08. The molecule has 0 saturated carbocycles. The molecule has 0 aliphatic carbocycles. The van der Waals surface area contributed by atoms with Crippen LogP contribution in [0.1, 0.15) is 37.7 Å². The van der Waals surface area contributed by atoms with Gasteiger partial charge in [-0.05, 0) is 30.2 Å². The summed E-state index contributed by atoms with van der Waals surface area (Å²) in [6.45, 7) is 6.58. The molecule has 0 atom stereocenters. The summed E-state index contributed by atoms with van der Waals surface area (Å²) in [5.74, 6) is 0.311. The maximum atomic E-state index is 12.2. The van der Waals surface area contributed by atoms with Gasteiger partial charge in [-0.1, -0.05) is 20.8 Å². The quantitative estimate of drug-likeness (QED) is 0.892. The predicted molar refractivity (Wildman–Crippen MR) is 89.0 cm³/mol. The number of hydrogen-bond acceptors (Lipinski definition) is 2. The molecular weight excluding hydrogens is 278 g/mol. The Morgan fingerprint density at radius 1 is 1.23 bits per heavy atom. The van der Waals surface area contributed by atoms with Crippen molar-refractivity contribution in [2.45, 2.75) is 27.2 Å². The number of nitrogens with one attached hydrogen (secondary N) is 2. The number of carbonyl (C=O) groups is 2. The zero-order chi connectivity index (χ0) is 16.3. The van der Waals surface area contributed by atoms with Crippen LogP contribution in [0, 0.1) is 5.92 Å². The number of fused-ring (bicyclic) bond motifs is 1. The molecule has 0 bridgehead atoms. The molecule has 0 spiro atoms. The Hall–Kier alpha value is -2.30. The number of benzene rings is 1. The van der Waals surface area contributed by atoms with E-state index in [0.29, 0.717) is 24.6 Å². The fraction of sp³-hybridized carbons (Fsp3) is 0.412. The molecule has 1 aromatic heterocycles. The monoisotopic (exact) mass is 301 g/mol. The predicted octanol–water partition coefficient (Wildman–Crippen LogP) is 2.91. The lowest BCUT2D eigenvalue weighted by atomic mass is 10.2. The van der Waals surface area contributed by atoms with Crippen LogP contribution in [0.25, 0.3) is 10.9 Å². The molecule has 118 valence electrons. The summed E-state index contributed by atoms with van der Waals surface area (Å²) in [4.78, 5) is 23.7. The second-order valence-electron chi connectivity index (χ2n) is 5.87. The van der Waals surface area contributed by atoms with Gasteiger partial charge < -0.3 is 15.2 Å². The first-order chi connectivity index (χ1) is 10.4. The standard InChI is InChI=1S/C17H23N3O2/c1-5-16(21)19-13-6-7-14-12(8-13)9-15(20(14)4)17(22)18-10-11(2)3/h6-9,11H,5,10H2,1-4H3,(H,18,22)(H,19,21). The van der Waals surface area contributed by atoms with E-state index in [1.54, 1.807) is 0 Å². The summed E-state index contributed by atoms with van der Waals surface area (Å²) >= 11 is 0. The molecule has 2 rings (SSSR count). The highest BCUT2D eigenvalue weighted by molar-refractivity contribution is 6.00. The van der Waals surface area contributed by atoms with Gasteiger partial charge in [0.25, 0.3) is 5.91 Å². The van der Waals surface area contributed by atoms with Gasteiger partial charge in [0, 0.05) is 36.6 Å². The van der Waals surface area contributed by atoms with Crippen molar-refractivity contribution in [3.8, 4) is 0 Å². The topological polar surface area (TPSA) is 63.1 Å². The van der Waals surface area contributed by atoms with E-state index < -0.39 is 0 Å². The van der Waals surface area contributed by atoms with Crippen LogP contribution in [0.2, 0.25) is 0 Å². The van der Waals surface area contributed by atoms with E-state index in [4.69, 9.17) is 0 Å². The van der Waals surface area contributed by atoms with Crippen molar-refractivity contribution in [2.75, 3.05) is 11.9 Å². The minimum absolute atomic E-state index is 0.0230. The zero-order valence-electron chi connectivity index (χ0n) is 13.6. The first-order valence-corrected chi connectivity index (χ1v) is 7.60. The number of carbonyl (C=O) groups excluding carboxylic acids is 2. The third kappa shape index (κ3) is 3.47. The molecule has 0 fully saturated rings. The third-order valence-electron chi connectivity index (χ3n) is 3.55. The van der Waals surface area contributed by atoms with Gasteiger partial charge in [0.05, 0.1) is 0 Å². The molecule has 0 saturated heterocycles. The van der Waals surface area contributed by atoms with Crippen LogP contribution in [0.4, 0.5) is 5.69 Å². The zero-order valence-corrected chi connectivity index (χ0v) is 13.6. The number of anilines is 1. The Kier molecular flexibility index (Phi) is 4.85. The van der Waals surface area contributed by atoms with Crippen molar-refractivity contribution in [2.24, 2.45) is 13.0 Å². The highest BCUT2D eigenvalue weighted by Gasteiger charge is 2.14. The molecule has 1 heterocycles. The molecule has 5 heteroatoms. The average molecular weight is 301 g/mol. The fourth-order valence-corrected chi connectivity index (χ4v) is 2.28. The van der Waals surface area contributed by atoms with Gasteiger partial charge in [-0.2, -0.15) is 0 Å². The highest BCUT2D eigenvalue weighted by Crippen LogP contribution is 2.23. The Morgan fingerprint density at radius 3 is 2.59 bits per heavy atom. The number of rotatable bonds is 5. The SMILES string of the molecule is CCC(=O)Nc1ccc2c(c1)cc(C(=O)NCC(C)C)n2C. The van der Waals surface area contributed by atoms with E-state index in [0.717, 1.165) is 16.6 Å². The Bertz CT molecular complexity index is 701. The van der Waals surface area contributed by atoms with Crippen molar-refractivity contribution < 1.29 is 9.59 Å². The van der Waals surface area contributed by atoms with Crippen LogP contribution in [-0.2, 0) is 11.8 Å². The number of hydrogen-bond donors (Lipinski definition) is 2. The Balaban J connectivity index is 2.28. The van der Waals surface area contributed by atoms with Crippen molar-refractivity contribution in [3.05, 3.63) is 30.0 Å². The van der Waals surface area contributed by atoms with E-state index in [2.05, 4.69) is 24.5 Å². The van der Waals surface area contributed by atoms with Gasteiger partial charge in [0.2, 0.25) is 5.91 Å². The van der Waals surface area contributed by atoms with Crippen LogP contribution in [0.15, 0.2) is 24.3 Å². The Labute approximate surface area is 130 Å². The molecule has 0 aliphatic rings. The second-order valence-corrected chi connectivity index (χ2v) is 5.87. The van der Waals surface area contributed by atoms with Crippen molar-refractivity contribution in [1.29, 1.82) is 0 Å². The molecule has 0 aliphatic heterocycles. The second kappa shape index (κ2) is 6.64. The number of nitrogens with zero attached hydrogens (tertiary/aromatic N) is 1. The first-order valence-electron chi connectivity index (χ1n) is 7.60. The molecule has 2 N–H and O–H groups in total. The molecule has 2 amide bonds. The molecular formula is C17H23N3O2. The van der Waals surface area contributed by atoms with Crippen LogP contribution in [0.5, 0.6) is 0 Å². The van der Waals surface area contributed by atoms with E-state index >= 15 is 0 Å². The minimum Gasteiger partial charge on any atom is -0.351 e. The lowest BCUT2D eigenvalue weighted by Crippen LogP contribution is -2.28. The molecule has 0 unspecified atom stereocenters. The maximum Gasteiger partial charge on any atom is 0.267 e. The van der Waals surface area contributed by atoms with Gasteiger partial charge in [0.1, 0.15) is 5.69 Å². The minimum atomic E-state index is -0.0773. The van der Waals surface area contributed by atoms with Gasteiger partial charge in [-0.3, -0.25) is 9.59 Å². The van der Waals surface area contributed by atoms with E-state index in [9.17, 15) is 9.59 Å². The van der Waals surface area contributed by atoms with E-state index in [-0.39, 0.29) is 11.8 Å². The van der Waals surface area contributed by atoms with Crippen LogP contribution >= 0.6 is 0 Å². The fourth-order valence-electron chi connectivity index (χ4n) is 2.28. The molecule has 2 aromatic rings. The molecule has 22 heavy (non-hydrogen) atoms. The number of aryl methyl sites for hydroxylation is 1. The first kappa shape index (κ1) is 16.1. The molecule has 1 aromatic carbocycles. The summed E-state index contributed by atoms with van der Waals surface area (Å²) < 4.78 is 1.87. The number of amides is 2. The highest BCUT2D eigenvalue weighted by atomic mass is 16.2. The van der Waals surface area contributed by atoms with Crippen molar-refractivity contribution in [3.63, 3.8) is 0 Å². The Morgan fingerprint density at radius 2 is 1.95 bits per heavy atom. The van der Waals surface area contributed by atoms with Crippen molar-refractivity contribution >= 4 is 28.4 Å². The summed E-state index contributed by atoms with van der Waals surface area (Å²) in [6, 6.07) is 7.51. The summed E-state index contributed by atoms with van der Waals surface area (Å²) in [5.41, 5.74) is 2.33.